The van der Waals surface area contributed by atoms with Gasteiger partial charge in [-0.05, 0) is 27.7 Å². The van der Waals surface area contributed by atoms with E-state index in [0.717, 1.165) is 14.9 Å². The highest BCUT2D eigenvalue weighted by molar-refractivity contribution is 8.07. The van der Waals surface area contributed by atoms with E-state index in [1.165, 1.54) is 39.8 Å². The van der Waals surface area contributed by atoms with Gasteiger partial charge in [0.05, 0.1) is 14.9 Å². The molecule has 2 atom stereocenters. The number of nitrogens with zero attached hydrogens (tertiary/aromatic N) is 2. The molecule has 13 heteroatoms. The van der Waals surface area contributed by atoms with Crippen LogP contribution in [-0.4, -0.2) is 68.0 Å². The van der Waals surface area contributed by atoms with E-state index in [1.54, 1.807) is 11.8 Å². The number of thiazole rings is 1. The lowest BCUT2D eigenvalue weighted by molar-refractivity contribution is -0.147. The van der Waals surface area contributed by atoms with E-state index in [9.17, 15) is 19.5 Å². The number of fused-ring (bicyclic) bond motifs is 1. The van der Waals surface area contributed by atoms with Crippen LogP contribution in [0.1, 0.15) is 31.5 Å². The van der Waals surface area contributed by atoms with Crippen molar-refractivity contribution in [2.45, 2.75) is 54.7 Å². The molecule has 1 aromatic rings. The van der Waals surface area contributed by atoms with Gasteiger partial charge in [-0.2, -0.15) is 11.8 Å². The minimum absolute atomic E-state index is 0.0247. The number of thioether (sulfide) groups is 3. The zero-order chi connectivity index (χ0) is 23.6. The summed E-state index contributed by atoms with van der Waals surface area (Å²) >= 11 is 5.96. The number of carboxylic acid groups (broad SMARTS) is 1. The molecule has 0 aliphatic carbocycles. The van der Waals surface area contributed by atoms with Crippen molar-refractivity contribution in [3.05, 3.63) is 21.3 Å². The van der Waals surface area contributed by atoms with E-state index >= 15 is 0 Å². The van der Waals surface area contributed by atoms with Crippen molar-refractivity contribution in [1.82, 2.24) is 15.2 Å². The Morgan fingerprint density at radius 2 is 2.12 bits per heavy atom. The van der Waals surface area contributed by atoms with E-state index < -0.39 is 23.7 Å². The van der Waals surface area contributed by atoms with E-state index in [1.807, 2.05) is 27.7 Å². The molecule has 0 aromatic carbocycles. The maximum absolute atomic E-state index is 12.1. The number of β-lactam (4-membered cyclic amide) rings is 1. The number of aliphatic carboxylic acids is 1. The monoisotopic (exact) mass is 518 g/mol. The summed E-state index contributed by atoms with van der Waals surface area (Å²) in [5, 5.41) is 13.0. The molecule has 3 rings (SSSR count). The highest BCUT2D eigenvalue weighted by atomic mass is 32.2. The molecule has 0 saturated carbocycles. The van der Waals surface area contributed by atoms with E-state index in [2.05, 4.69) is 10.3 Å². The normalized spacial score (nSPS) is 20.7. The molecule has 1 saturated heterocycles. The summed E-state index contributed by atoms with van der Waals surface area (Å²) in [6, 6.07) is -0.646. The van der Waals surface area contributed by atoms with Crippen LogP contribution in [0.3, 0.4) is 0 Å². The fourth-order valence-electron chi connectivity index (χ4n) is 3.01. The average molecular weight is 519 g/mol. The van der Waals surface area contributed by atoms with E-state index in [4.69, 9.17) is 10.5 Å². The van der Waals surface area contributed by atoms with Gasteiger partial charge in [-0.3, -0.25) is 9.69 Å². The van der Waals surface area contributed by atoms with Crippen molar-refractivity contribution < 1.29 is 24.2 Å². The van der Waals surface area contributed by atoms with Gasteiger partial charge in [-0.25, -0.2) is 14.6 Å². The molecule has 3 heterocycles. The Kier molecular flexibility index (Phi) is 8.07. The van der Waals surface area contributed by atoms with Gasteiger partial charge in [0.1, 0.15) is 22.7 Å². The second kappa shape index (κ2) is 10.2. The SMILES string of the molecule is Cc1nc(CSCCNC(=O)OC(C)(C)C)c(SC2=C(C(=O)O)N3C(=O)[C@@H](N)[C@@H]3SC2)s1. The molecule has 0 spiro atoms. The smallest absolute Gasteiger partial charge is 0.407 e. The largest absolute Gasteiger partial charge is 0.477 e. The minimum atomic E-state index is -1.12. The van der Waals surface area contributed by atoms with Gasteiger partial charge in [-0.1, -0.05) is 11.8 Å². The molecule has 9 nitrogen and oxygen atoms in total. The quantitative estimate of drug-likeness (QED) is 0.348. The topological polar surface area (TPSA) is 135 Å². The van der Waals surface area contributed by atoms with E-state index in [0.29, 0.717) is 28.7 Å². The van der Waals surface area contributed by atoms with Gasteiger partial charge < -0.3 is 20.9 Å². The maximum Gasteiger partial charge on any atom is 0.407 e. The molecule has 0 bridgehead atoms. The van der Waals surface area contributed by atoms with Crippen molar-refractivity contribution in [2.75, 3.05) is 18.1 Å². The minimum Gasteiger partial charge on any atom is -0.477 e. The Labute approximate surface area is 203 Å². The molecule has 176 valence electrons. The van der Waals surface area contributed by atoms with Crippen molar-refractivity contribution in [3.63, 3.8) is 0 Å². The standard InChI is InChI=1S/C19H26N4O5S4/c1-9-22-10(7-29-6-5-21-18(27)28-19(2,3)4)17(31-9)32-11-8-30-15-12(20)14(24)23(15)13(11)16(25)26/h12,15H,5-8,20H2,1-4H3,(H,21,27)(H,25,26)/t12-,15+/m1/s1. The Morgan fingerprint density at radius 3 is 2.78 bits per heavy atom. The maximum atomic E-state index is 12.1. The third kappa shape index (κ3) is 5.93. The number of carbonyl (C=O) groups is 3. The van der Waals surface area contributed by atoms with Gasteiger partial charge in [-0.15, -0.1) is 23.1 Å². The summed E-state index contributed by atoms with van der Waals surface area (Å²) in [4.78, 5) is 42.3. The van der Waals surface area contributed by atoms with Crippen LogP contribution >= 0.6 is 46.6 Å². The van der Waals surface area contributed by atoms with Crippen LogP contribution in [0.25, 0.3) is 0 Å². The van der Waals surface area contributed by atoms with Gasteiger partial charge in [0, 0.05) is 28.7 Å². The molecule has 1 fully saturated rings. The van der Waals surface area contributed by atoms with Crippen molar-refractivity contribution >= 4 is 64.6 Å². The summed E-state index contributed by atoms with van der Waals surface area (Å²) in [6.07, 6.45) is -0.444. The lowest BCUT2D eigenvalue weighted by Crippen LogP contribution is -2.68. The Bertz CT molecular complexity index is 943. The second-order valence-electron chi connectivity index (χ2n) is 8.06. The zero-order valence-electron chi connectivity index (χ0n) is 18.2. The predicted octanol–water partition coefficient (Wildman–Crippen LogP) is 2.84. The van der Waals surface area contributed by atoms with Gasteiger partial charge in [0.2, 0.25) is 5.91 Å². The van der Waals surface area contributed by atoms with E-state index in [-0.39, 0.29) is 17.0 Å². The number of amides is 2. The van der Waals surface area contributed by atoms with Gasteiger partial charge in [0.15, 0.2) is 0 Å². The lowest BCUT2D eigenvalue weighted by atomic mass is 10.1. The van der Waals surface area contributed by atoms with Crippen molar-refractivity contribution in [1.29, 1.82) is 0 Å². The van der Waals surface area contributed by atoms with Crippen LogP contribution in [-0.2, 0) is 20.1 Å². The number of nitrogens with one attached hydrogen (secondary N) is 1. The van der Waals surface area contributed by atoms with Gasteiger partial charge >= 0.3 is 12.1 Å². The number of nitrogens with two attached hydrogens (primary N) is 1. The third-order valence-electron chi connectivity index (χ3n) is 4.31. The fourth-order valence-corrected chi connectivity index (χ4v) is 7.80. The van der Waals surface area contributed by atoms with Crippen LogP contribution in [0, 0.1) is 6.92 Å². The van der Waals surface area contributed by atoms with Crippen LogP contribution < -0.4 is 11.1 Å². The van der Waals surface area contributed by atoms with Crippen LogP contribution in [0.2, 0.25) is 0 Å². The number of hydrogen-bond acceptors (Lipinski definition) is 10. The summed E-state index contributed by atoms with van der Waals surface area (Å²) in [5.74, 6) is 0.315. The number of hydrogen-bond donors (Lipinski definition) is 3. The number of aryl methyl sites for hydroxylation is 1. The Balaban J connectivity index is 1.60. The molecule has 0 radical (unpaired) electrons. The van der Waals surface area contributed by atoms with Crippen molar-refractivity contribution in [2.24, 2.45) is 5.73 Å². The van der Waals surface area contributed by atoms with Crippen molar-refractivity contribution in [3.8, 4) is 0 Å². The number of carboxylic acids is 1. The van der Waals surface area contributed by atoms with Crippen LogP contribution in [0.5, 0.6) is 0 Å². The molecular weight excluding hydrogens is 493 g/mol. The second-order valence-corrected chi connectivity index (χ2v) is 12.8. The average Bonchev–Trinajstić information content (AvgIpc) is 3.04. The number of rotatable bonds is 8. The molecule has 0 unspecified atom stereocenters. The molecule has 2 aliphatic heterocycles. The number of alkyl carbamates (subject to hydrolysis) is 1. The molecule has 32 heavy (non-hydrogen) atoms. The number of ether oxygens (including phenoxy) is 1. The molecular formula is C19H26N4O5S4. The first-order chi connectivity index (χ1) is 15.0. The fraction of sp³-hybridized carbons (Fsp3) is 0.579. The highest BCUT2D eigenvalue weighted by Gasteiger charge is 2.52. The first-order valence-electron chi connectivity index (χ1n) is 9.83. The summed E-state index contributed by atoms with van der Waals surface area (Å²) in [5.41, 5.74) is 6.18. The first kappa shape index (κ1) is 25.2. The molecule has 1 aromatic heterocycles. The molecule has 4 N–H and O–H groups in total. The predicted molar refractivity (Wildman–Crippen MR) is 129 cm³/mol. The number of aromatic nitrogens is 1. The zero-order valence-corrected chi connectivity index (χ0v) is 21.4. The molecule has 2 amide bonds. The summed E-state index contributed by atoms with van der Waals surface area (Å²) in [6.45, 7) is 7.81. The first-order valence-corrected chi connectivity index (χ1v) is 13.7. The highest BCUT2D eigenvalue weighted by Crippen LogP contribution is 2.46. The third-order valence-corrected chi connectivity index (χ3v) is 9.08. The number of carbonyl (C=O) groups excluding carboxylic acids is 2. The van der Waals surface area contributed by atoms with Crippen LogP contribution in [0.4, 0.5) is 4.79 Å². The van der Waals surface area contributed by atoms with Gasteiger partial charge in [0.25, 0.3) is 0 Å². The Hall–Kier alpha value is -1.41. The summed E-state index contributed by atoms with van der Waals surface area (Å²) in [7, 11) is 0. The Morgan fingerprint density at radius 1 is 1.41 bits per heavy atom. The lowest BCUT2D eigenvalue weighted by Gasteiger charge is -2.47. The molecule has 2 aliphatic rings. The summed E-state index contributed by atoms with van der Waals surface area (Å²) < 4.78 is 6.13. The van der Waals surface area contributed by atoms with Crippen LogP contribution in [0.15, 0.2) is 14.8 Å².